The first-order valence-electron chi connectivity index (χ1n) is 9.35. The molecule has 0 N–H and O–H groups in total. The molecule has 0 spiro atoms. The summed E-state index contributed by atoms with van der Waals surface area (Å²) in [5.41, 5.74) is 0.740. The molecule has 1 aromatic carbocycles. The minimum absolute atomic E-state index is 0.0888. The molecule has 4 nitrogen and oxygen atoms in total. The van der Waals surface area contributed by atoms with Gasteiger partial charge < -0.3 is 9.80 Å². The van der Waals surface area contributed by atoms with Crippen LogP contribution in [0.15, 0.2) is 30.3 Å². The highest BCUT2D eigenvalue weighted by Gasteiger charge is 2.33. The van der Waals surface area contributed by atoms with Crippen molar-refractivity contribution in [3.8, 4) is 0 Å². The summed E-state index contributed by atoms with van der Waals surface area (Å²) in [5.74, 6) is 0.510. The average Bonchev–Trinajstić information content (AvgIpc) is 2.67. The van der Waals surface area contributed by atoms with Crippen molar-refractivity contribution in [3.63, 3.8) is 0 Å². The molecular formula is C20H28N2O2. The predicted octanol–water partition coefficient (Wildman–Crippen LogP) is 3.33. The van der Waals surface area contributed by atoms with Gasteiger partial charge in [-0.25, -0.2) is 0 Å². The Morgan fingerprint density at radius 2 is 1.71 bits per heavy atom. The normalized spacial score (nSPS) is 22.5. The lowest BCUT2D eigenvalue weighted by Crippen LogP contribution is -2.49. The number of amides is 2. The number of hydrogen-bond donors (Lipinski definition) is 0. The second kappa shape index (κ2) is 7.82. The summed E-state index contributed by atoms with van der Waals surface area (Å²) in [6, 6.07) is 9.85. The summed E-state index contributed by atoms with van der Waals surface area (Å²) in [4.78, 5) is 29.4. The molecule has 0 saturated carbocycles. The third kappa shape index (κ3) is 3.63. The molecule has 0 aliphatic carbocycles. The zero-order chi connectivity index (χ0) is 16.9. The summed E-state index contributed by atoms with van der Waals surface area (Å²) >= 11 is 0. The Bertz CT molecular complexity index is 564. The van der Waals surface area contributed by atoms with E-state index in [1.54, 1.807) is 0 Å². The lowest BCUT2D eigenvalue weighted by atomic mass is 9.91. The summed E-state index contributed by atoms with van der Waals surface area (Å²) in [6.07, 6.45) is 6.17. The van der Waals surface area contributed by atoms with E-state index in [-0.39, 0.29) is 11.8 Å². The summed E-state index contributed by atoms with van der Waals surface area (Å²) in [7, 11) is 0. The van der Waals surface area contributed by atoms with Gasteiger partial charge in [0.05, 0.1) is 0 Å². The van der Waals surface area contributed by atoms with Crippen LogP contribution in [0.2, 0.25) is 0 Å². The van der Waals surface area contributed by atoms with Gasteiger partial charge in [-0.1, -0.05) is 25.1 Å². The summed E-state index contributed by atoms with van der Waals surface area (Å²) in [6.45, 7) is 4.47. The van der Waals surface area contributed by atoms with Gasteiger partial charge in [0.25, 0.3) is 5.91 Å². The monoisotopic (exact) mass is 328 g/mol. The Labute approximate surface area is 144 Å². The summed E-state index contributed by atoms with van der Waals surface area (Å²) in [5, 5.41) is 0. The molecule has 0 bridgehead atoms. The number of benzene rings is 1. The quantitative estimate of drug-likeness (QED) is 0.854. The maximum absolute atomic E-state index is 12.9. The molecule has 0 radical (unpaired) electrons. The predicted molar refractivity (Wildman–Crippen MR) is 94.7 cm³/mol. The molecule has 2 amide bonds. The number of rotatable bonds is 3. The summed E-state index contributed by atoms with van der Waals surface area (Å²) < 4.78 is 0. The molecule has 1 atom stereocenters. The van der Waals surface area contributed by atoms with Crippen molar-refractivity contribution in [2.45, 2.75) is 51.5 Å². The Morgan fingerprint density at radius 1 is 1.00 bits per heavy atom. The van der Waals surface area contributed by atoms with Crippen molar-refractivity contribution >= 4 is 11.8 Å². The first kappa shape index (κ1) is 17.0. The number of hydrogen-bond acceptors (Lipinski definition) is 2. The Hall–Kier alpha value is -1.84. The van der Waals surface area contributed by atoms with Crippen LogP contribution in [0.25, 0.3) is 0 Å². The third-order valence-corrected chi connectivity index (χ3v) is 5.53. The zero-order valence-electron chi connectivity index (χ0n) is 14.6. The largest absolute Gasteiger partial charge is 0.339 e. The molecule has 0 aromatic heterocycles. The molecule has 130 valence electrons. The van der Waals surface area contributed by atoms with Gasteiger partial charge in [-0.15, -0.1) is 0 Å². The highest BCUT2D eigenvalue weighted by molar-refractivity contribution is 5.94. The van der Waals surface area contributed by atoms with Gasteiger partial charge in [-0.3, -0.25) is 9.59 Å². The van der Waals surface area contributed by atoms with E-state index >= 15 is 0 Å². The minimum Gasteiger partial charge on any atom is -0.339 e. The number of nitrogens with zero attached hydrogens (tertiary/aromatic N) is 2. The van der Waals surface area contributed by atoms with Gasteiger partial charge in [-0.2, -0.15) is 0 Å². The fraction of sp³-hybridized carbons (Fsp3) is 0.600. The molecule has 24 heavy (non-hydrogen) atoms. The van der Waals surface area contributed by atoms with Crippen LogP contribution in [-0.4, -0.2) is 47.3 Å². The maximum Gasteiger partial charge on any atom is 0.253 e. The molecule has 1 aromatic rings. The van der Waals surface area contributed by atoms with Gasteiger partial charge in [0, 0.05) is 37.2 Å². The molecular weight excluding hydrogens is 300 g/mol. The highest BCUT2D eigenvalue weighted by atomic mass is 16.2. The minimum atomic E-state index is 0.0888. The molecule has 2 aliphatic rings. The molecule has 0 unspecified atom stereocenters. The van der Waals surface area contributed by atoms with E-state index in [9.17, 15) is 9.59 Å². The van der Waals surface area contributed by atoms with E-state index in [2.05, 4.69) is 11.8 Å². The van der Waals surface area contributed by atoms with Crippen molar-refractivity contribution in [1.82, 2.24) is 9.80 Å². The smallest absolute Gasteiger partial charge is 0.253 e. The van der Waals surface area contributed by atoms with Crippen LogP contribution in [0, 0.1) is 5.92 Å². The van der Waals surface area contributed by atoms with Crippen molar-refractivity contribution in [1.29, 1.82) is 0 Å². The van der Waals surface area contributed by atoms with Crippen LogP contribution in [0.4, 0.5) is 0 Å². The topological polar surface area (TPSA) is 40.6 Å². The molecule has 2 saturated heterocycles. The second-order valence-corrected chi connectivity index (χ2v) is 7.02. The Kier molecular flexibility index (Phi) is 5.54. The molecule has 2 heterocycles. The first-order chi connectivity index (χ1) is 11.7. The van der Waals surface area contributed by atoms with Gasteiger partial charge in [0.2, 0.25) is 5.91 Å². The fourth-order valence-corrected chi connectivity index (χ4v) is 4.04. The Morgan fingerprint density at radius 3 is 2.38 bits per heavy atom. The lowest BCUT2D eigenvalue weighted by molar-refractivity contribution is -0.140. The van der Waals surface area contributed by atoms with Gasteiger partial charge in [0.15, 0.2) is 0 Å². The molecule has 2 fully saturated rings. The van der Waals surface area contributed by atoms with Crippen LogP contribution < -0.4 is 0 Å². The zero-order valence-corrected chi connectivity index (χ0v) is 14.6. The van der Waals surface area contributed by atoms with Crippen molar-refractivity contribution in [2.75, 3.05) is 19.6 Å². The van der Waals surface area contributed by atoms with Crippen molar-refractivity contribution < 1.29 is 9.59 Å². The second-order valence-electron chi connectivity index (χ2n) is 7.02. The Balaban J connectivity index is 1.56. The molecule has 2 aliphatic heterocycles. The number of carbonyl (C=O) groups is 2. The average molecular weight is 328 g/mol. The fourth-order valence-electron chi connectivity index (χ4n) is 4.04. The van der Waals surface area contributed by atoms with E-state index in [0.717, 1.165) is 44.2 Å². The highest BCUT2D eigenvalue weighted by Crippen LogP contribution is 2.26. The lowest BCUT2D eigenvalue weighted by Gasteiger charge is -2.39. The number of piperidine rings is 2. The van der Waals surface area contributed by atoms with E-state index in [1.807, 2.05) is 35.2 Å². The number of likely N-dealkylation sites (tertiary alicyclic amines) is 2. The van der Waals surface area contributed by atoms with Crippen LogP contribution in [0.5, 0.6) is 0 Å². The first-order valence-corrected chi connectivity index (χ1v) is 9.35. The SMILES string of the molecule is CC[C@H]1CCCCN1C(=O)C1CCN(C(=O)c2ccccc2)CC1. The molecule has 4 heteroatoms. The van der Waals surface area contributed by atoms with E-state index in [4.69, 9.17) is 0 Å². The van der Waals surface area contributed by atoms with Gasteiger partial charge in [0.1, 0.15) is 0 Å². The maximum atomic E-state index is 12.9. The van der Waals surface area contributed by atoms with Gasteiger partial charge in [-0.05, 0) is 50.7 Å². The van der Waals surface area contributed by atoms with Crippen LogP contribution in [-0.2, 0) is 4.79 Å². The van der Waals surface area contributed by atoms with Crippen molar-refractivity contribution in [3.05, 3.63) is 35.9 Å². The van der Waals surface area contributed by atoms with Crippen molar-refractivity contribution in [2.24, 2.45) is 5.92 Å². The van der Waals surface area contributed by atoms with E-state index in [0.29, 0.717) is 25.0 Å². The number of carbonyl (C=O) groups excluding carboxylic acids is 2. The van der Waals surface area contributed by atoms with Gasteiger partial charge >= 0.3 is 0 Å². The van der Waals surface area contributed by atoms with Crippen LogP contribution >= 0.6 is 0 Å². The van der Waals surface area contributed by atoms with E-state index < -0.39 is 0 Å². The van der Waals surface area contributed by atoms with E-state index in [1.165, 1.54) is 6.42 Å². The van der Waals surface area contributed by atoms with Crippen LogP contribution in [0.3, 0.4) is 0 Å². The molecule has 3 rings (SSSR count). The standard InChI is InChI=1S/C20H28N2O2/c1-2-18-10-6-7-13-22(18)20(24)17-11-14-21(15-12-17)19(23)16-8-4-3-5-9-16/h3-5,8-9,17-18H,2,6-7,10-15H2,1H3/t18-/m0/s1. The van der Waals surface area contributed by atoms with Crippen LogP contribution in [0.1, 0.15) is 55.8 Å². The third-order valence-electron chi connectivity index (χ3n) is 5.53.